The molecule has 0 aliphatic heterocycles. The third kappa shape index (κ3) is 3.88. The third-order valence-electron chi connectivity index (χ3n) is 3.39. The van der Waals surface area contributed by atoms with Gasteiger partial charge in [0, 0.05) is 30.6 Å². The zero-order valence-corrected chi connectivity index (χ0v) is 12.0. The lowest BCUT2D eigenvalue weighted by Gasteiger charge is -2.37. The number of aryl methyl sites for hydroxylation is 1. The Morgan fingerprint density at radius 2 is 2.42 bits per heavy atom. The molecule has 1 saturated carbocycles. The van der Waals surface area contributed by atoms with Gasteiger partial charge in [0.2, 0.25) is 5.91 Å². The molecule has 1 fully saturated rings. The van der Waals surface area contributed by atoms with Gasteiger partial charge < -0.3 is 10.0 Å². The molecule has 0 unspecified atom stereocenters. The highest BCUT2D eigenvalue weighted by atomic mass is 32.1. The molecule has 1 aliphatic rings. The number of rotatable bonds is 6. The molecule has 4 nitrogen and oxygen atoms in total. The van der Waals surface area contributed by atoms with E-state index in [1.54, 1.807) is 23.5 Å². The van der Waals surface area contributed by atoms with Crippen molar-refractivity contribution in [3.8, 4) is 0 Å². The number of carbonyl (C=O) groups is 1. The molecule has 0 radical (unpaired) electrons. The predicted molar refractivity (Wildman–Crippen MR) is 76.9 cm³/mol. The van der Waals surface area contributed by atoms with Crippen molar-refractivity contribution in [1.29, 1.82) is 0 Å². The van der Waals surface area contributed by atoms with Gasteiger partial charge in [0.1, 0.15) is 0 Å². The van der Waals surface area contributed by atoms with Crippen molar-refractivity contribution in [3.63, 3.8) is 0 Å². The summed E-state index contributed by atoms with van der Waals surface area (Å²) in [4.78, 5) is 18.4. The second-order valence-electron chi connectivity index (χ2n) is 4.82. The fourth-order valence-electron chi connectivity index (χ4n) is 2.12. The highest BCUT2D eigenvalue weighted by molar-refractivity contribution is 7.09. The standard InChI is InChI=1S/C14H20N2O2S/c1-11-15-12(10-19-11)6-7-14(18)16(8-3-9-17)13-4-2-5-13/h6-7,10,13,17H,2-5,8-9H2,1H3/b7-6+. The van der Waals surface area contributed by atoms with Crippen LogP contribution in [0.1, 0.15) is 36.4 Å². The summed E-state index contributed by atoms with van der Waals surface area (Å²) >= 11 is 1.58. The summed E-state index contributed by atoms with van der Waals surface area (Å²) < 4.78 is 0. The van der Waals surface area contributed by atoms with E-state index in [1.807, 2.05) is 17.2 Å². The fraction of sp³-hybridized carbons (Fsp3) is 0.571. The fourth-order valence-corrected chi connectivity index (χ4v) is 2.70. The number of hydrogen-bond donors (Lipinski definition) is 1. The monoisotopic (exact) mass is 280 g/mol. The van der Waals surface area contributed by atoms with Crippen LogP contribution in [-0.4, -0.2) is 40.1 Å². The Morgan fingerprint density at radius 1 is 1.63 bits per heavy atom. The molecule has 1 aliphatic carbocycles. The number of aliphatic hydroxyl groups is 1. The Hall–Kier alpha value is -1.20. The topological polar surface area (TPSA) is 53.4 Å². The highest BCUT2D eigenvalue weighted by Crippen LogP contribution is 2.25. The molecule has 0 atom stereocenters. The molecular weight excluding hydrogens is 260 g/mol. The van der Waals surface area contributed by atoms with Gasteiger partial charge in [-0.1, -0.05) is 0 Å². The van der Waals surface area contributed by atoms with E-state index >= 15 is 0 Å². The Labute approximate surface area is 117 Å². The Kier molecular flexibility index (Phi) is 5.10. The summed E-state index contributed by atoms with van der Waals surface area (Å²) in [7, 11) is 0. The number of amides is 1. The molecule has 1 aromatic heterocycles. The zero-order valence-electron chi connectivity index (χ0n) is 11.2. The number of thiazole rings is 1. The summed E-state index contributed by atoms with van der Waals surface area (Å²) in [5.41, 5.74) is 0.839. The number of nitrogens with zero attached hydrogens (tertiary/aromatic N) is 2. The first-order valence-corrected chi connectivity index (χ1v) is 7.60. The molecule has 0 spiro atoms. The van der Waals surface area contributed by atoms with Gasteiger partial charge in [-0.2, -0.15) is 0 Å². The van der Waals surface area contributed by atoms with Crippen molar-refractivity contribution < 1.29 is 9.90 Å². The van der Waals surface area contributed by atoms with Crippen molar-refractivity contribution in [2.45, 2.75) is 38.6 Å². The van der Waals surface area contributed by atoms with Gasteiger partial charge in [-0.3, -0.25) is 4.79 Å². The van der Waals surface area contributed by atoms with Gasteiger partial charge in [0.05, 0.1) is 10.7 Å². The average molecular weight is 280 g/mol. The molecule has 0 aromatic carbocycles. The van der Waals surface area contributed by atoms with Crippen LogP contribution >= 0.6 is 11.3 Å². The van der Waals surface area contributed by atoms with Gasteiger partial charge in [0.15, 0.2) is 0 Å². The zero-order chi connectivity index (χ0) is 13.7. The first-order valence-electron chi connectivity index (χ1n) is 6.72. The lowest BCUT2D eigenvalue weighted by molar-refractivity contribution is -0.130. The van der Waals surface area contributed by atoms with Crippen molar-refractivity contribution >= 4 is 23.3 Å². The second-order valence-corrected chi connectivity index (χ2v) is 5.88. The van der Waals surface area contributed by atoms with E-state index in [0.29, 0.717) is 19.0 Å². The maximum absolute atomic E-state index is 12.2. The first kappa shape index (κ1) is 14.2. The lowest BCUT2D eigenvalue weighted by Crippen LogP contribution is -2.44. The van der Waals surface area contributed by atoms with E-state index in [2.05, 4.69) is 4.98 Å². The number of hydrogen-bond acceptors (Lipinski definition) is 4. The number of aromatic nitrogens is 1. The maximum atomic E-state index is 12.2. The summed E-state index contributed by atoms with van der Waals surface area (Å²) in [5, 5.41) is 11.9. The second kappa shape index (κ2) is 6.82. The van der Waals surface area contributed by atoms with E-state index in [9.17, 15) is 4.79 Å². The Balaban J connectivity index is 1.96. The van der Waals surface area contributed by atoms with Crippen LogP contribution in [-0.2, 0) is 4.79 Å². The molecule has 5 heteroatoms. The quantitative estimate of drug-likeness (QED) is 0.813. The van der Waals surface area contributed by atoms with Crippen molar-refractivity contribution in [2.24, 2.45) is 0 Å². The molecule has 1 heterocycles. The van der Waals surface area contributed by atoms with Crippen LogP contribution in [0.3, 0.4) is 0 Å². The number of carbonyl (C=O) groups excluding carboxylic acids is 1. The highest BCUT2D eigenvalue weighted by Gasteiger charge is 2.26. The van der Waals surface area contributed by atoms with Crippen molar-refractivity contribution in [2.75, 3.05) is 13.2 Å². The molecule has 0 saturated heterocycles. The van der Waals surface area contributed by atoms with E-state index in [1.165, 1.54) is 6.42 Å². The van der Waals surface area contributed by atoms with Gasteiger partial charge in [-0.05, 0) is 38.7 Å². The van der Waals surface area contributed by atoms with Gasteiger partial charge in [-0.25, -0.2) is 4.98 Å². The van der Waals surface area contributed by atoms with Crippen molar-refractivity contribution in [3.05, 3.63) is 22.2 Å². The summed E-state index contributed by atoms with van der Waals surface area (Å²) in [6, 6.07) is 0.362. The molecule has 1 N–H and O–H groups in total. The predicted octanol–water partition coefficient (Wildman–Crippen LogP) is 2.23. The molecular formula is C14H20N2O2S. The summed E-state index contributed by atoms with van der Waals surface area (Å²) in [5.74, 6) is 0.0313. The number of aliphatic hydroxyl groups excluding tert-OH is 1. The normalized spacial score (nSPS) is 15.7. The molecule has 1 aromatic rings. The third-order valence-corrected chi connectivity index (χ3v) is 4.18. The van der Waals surface area contributed by atoms with Gasteiger partial charge in [0.25, 0.3) is 0 Å². The van der Waals surface area contributed by atoms with Crippen LogP contribution in [0.4, 0.5) is 0 Å². The Morgan fingerprint density at radius 3 is 2.95 bits per heavy atom. The Bertz CT molecular complexity index is 452. The molecule has 104 valence electrons. The minimum Gasteiger partial charge on any atom is -0.396 e. The minimum absolute atomic E-state index is 0.0313. The smallest absolute Gasteiger partial charge is 0.246 e. The lowest BCUT2D eigenvalue weighted by atomic mass is 9.91. The van der Waals surface area contributed by atoms with Crippen LogP contribution in [0.5, 0.6) is 0 Å². The minimum atomic E-state index is 0.0313. The van der Waals surface area contributed by atoms with Crippen LogP contribution in [0, 0.1) is 6.92 Å². The molecule has 2 rings (SSSR count). The van der Waals surface area contributed by atoms with Crippen molar-refractivity contribution in [1.82, 2.24) is 9.88 Å². The van der Waals surface area contributed by atoms with Crippen LogP contribution in [0.2, 0.25) is 0 Å². The molecule has 1 amide bonds. The van der Waals surface area contributed by atoms with Gasteiger partial charge >= 0.3 is 0 Å². The van der Waals surface area contributed by atoms with Crippen LogP contribution in [0.15, 0.2) is 11.5 Å². The van der Waals surface area contributed by atoms with E-state index in [0.717, 1.165) is 23.5 Å². The molecule has 0 bridgehead atoms. The van der Waals surface area contributed by atoms with E-state index < -0.39 is 0 Å². The summed E-state index contributed by atoms with van der Waals surface area (Å²) in [6.07, 6.45) is 7.39. The molecule has 19 heavy (non-hydrogen) atoms. The maximum Gasteiger partial charge on any atom is 0.246 e. The largest absolute Gasteiger partial charge is 0.396 e. The van der Waals surface area contributed by atoms with Gasteiger partial charge in [-0.15, -0.1) is 11.3 Å². The average Bonchev–Trinajstić information content (AvgIpc) is 2.75. The summed E-state index contributed by atoms with van der Waals surface area (Å²) in [6.45, 7) is 2.72. The van der Waals surface area contributed by atoms with Crippen LogP contribution in [0.25, 0.3) is 6.08 Å². The van der Waals surface area contributed by atoms with E-state index in [4.69, 9.17) is 5.11 Å². The SMILES string of the molecule is Cc1nc(/C=C/C(=O)N(CCCO)C2CCC2)cs1. The first-order chi connectivity index (χ1) is 9.20. The van der Waals surface area contributed by atoms with E-state index in [-0.39, 0.29) is 12.5 Å². The van der Waals surface area contributed by atoms with Crippen LogP contribution < -0.4 is 0 Å².